The molecular formula is C22H22F5NO4. The molecule has 2 aromatic rings. The maximum absolute atomic E-state index is 12.8. The van der Waals surface area contributed by atoms with Gasteiger partial charge in [0.1, 0.15) is 11.9 Å². The first-order chi connectivity index (χ1) is 15.1. The molecule has 0 aromatic heterocycles. The van der Waals surface area contributed by atoms with Crippen molar-refractivity contribution in [2.75, 3.05) is 25.2 Å². The second-order valence-corrected chi connectivity index (χ2v) is 7.39. The highest BCUT2D eigenvalue weighted by Gasteiger charge is 2.35. The molecule has 0 amide bonds. The van der Waals surface area contributed by atoms with Crippen molar-refractivity contribution in [1.29, 1.82) is 0 Å². The molecule has 1 fully saturated rings. The summed E-state index contributed by atoms with van der Waals surface area (Å²) in [7, 11) is 1.27. The Bertz CT molecular complexity index is 933. The van der Waals surface area contributed by atoms with E-state index >= 15 is 0 Å². The molecule has 0 unspecified atom stereocenters. The Morgan fingerprint density at radius 1 is 1.16 bits per heavy atom. The molecule has 0 spiro atoms. The number of methoxy groups -OCH3 is 1. The second kappa shape index (κ2) is 9.72. The molecule has 5 nitrogen and oxygen atoms in total. The first kappa shape index (κ1) is 23.8. The molecule has 174 valence electrons. The van der Waals surface area contributed by atoms with Crippen molar-refractivity contribution in [3.8, 4) is 5.75 Å². The van der Waals surface area contributed by atoms with E-state index in [1.807, 2.05) is 4.90 Å². The van der Waals surface area contributed by atoms with Gasteiger partial charge in [0, 0.05) is 12.1 Å². The van der Waals surface area contributed by atoms with E-state index in [1.165, 1.54) is 19.2 Å². The average molecular weight is 459 g/mol. The predicted molar refractivity (Wildman–Crippen MR) is 106 cm³/mol. The van der Waals surface area contributed by atoms with Crippen LogP contribution < -0.4 is 9.64 Å². The second-order valence-electron chi connectivity index (χ2n) is 7.39. The van der Waals surface area contributed by atoms with E-state index in [0.717, 1.165) is 17.7 Å². The molecule has 0 radical (unpaired) electrons. The lowest BCUT2D eigenvalue weighted by Crippen LogP contribution is -2.34. The lowest BCUT2D eigenvalue weighted by atomic mass is 10.1. The van der Waals surface area contributed by atoms with Crippen molar-refractivity contribution in [3.05, 3.63) is 59.2 Å². The molecule has 32 heavy (non-hydrogen) atoms. The lowest BCUT2D eigenvalue weighted by Gasteiger charge is -2.28. The quantitative estimate of drug-likeness (QED) is 0.428. The third-order valence-corrected chi connectivity index (χ3v) is 5.20. The monoisotopic (exact) mass is 459 g/mol. The Labute approximate surface area is 181 Å². The number of aryl methyl sites for hydroxylation is 1. The maximum atomic E-state index is 12.8. The van der Waals surface area contributed by atoms with E-state index in [4.69, 9.17) is 9.47 Å². The first-order valence-electron chi connectivity index (χ1n) is 9.77. The average Bonchev–Trinajstić information content (AvgIpc) is 3.13. The number of hydrogen-bond donors (Lipinski definition) is 0. The number of carbonyl (C=O) groups is 1. The van der Waals surface area contributed by atoms with Crippen molar-refractivity contribution in [2.24, 2.45) is 0 Å². The van der Waals surface area contributed by atoms with Crippen molar-refractivity contribution in [1.82, 2.24) is 0 Å². The largest absolute Gasteiger partial charge is 0.489 e. The van der Waals surface area contributed by atoms with Crippen LogP contribution >= 0.6 is 0 Å². The Balaban J connectivity index is 1.78. The summed E-state index contributed by atoms with van der Waals surface area (Å²) in [5, 5.41) is 0. The van der Waals surface area contributed by atoms with E-state index in [9.17, 15) is 26.7 Å². The first-order valence-corrected chi connectivity index (χ1v) is 9.77. The summed E-state index contributed by atoms with van der Waals surface area (Å²) in [5.74, 6) is -0.252. The predicted octanol–water partition coefficient (Wildman–Crippen LogP) is 5.07. The molecule has 0 saturated carbocycles. The van der Waals surface area contributed by atoms with Gasteiger partial charge in [0.15, 0.2) is 0 Å². The van der Waals surface area contributed by atoms with Gasteiger partial charge in [0.2, 0.25) is 0 Å². The minimum atomic E-state index is -4.45. The number of anilines is 1. The van der Waals surface area contributed by atoms with E-state index in [-0.39, 0.29) is 12.4 Å². The number of hydrogen-bond acceptors (Lipinski definition) is 5. The van der Waals surface area contributed by atoms with Crippen molar-refractivity contribution >= 4 is 11.7 Å². The number of rotatable bonds is 7. The molecule has 0 N–H and O–H groups in total. The Kier molecular flexibility index (Phi) is 7.22. The molecule has 1 aliphatic heterocycles. The number of halogens is 5. The third kappa shape index (κ3) is 5.67. The van der Waals surface area contributed by atoms with Gasteiger partial charge in [0.25, 0.3) is 0 Å². The molecule has 2 atom stereocenters. The van der Waals surface area contributed by atoms with Crippen LogP contribution in [-0.4, -0.2) is 45.0 Å². The number of nitrogens with zero attached hydrogens (tertiary/aromatic N) is 1. The van der Waals surface area contributed by atoms with Gasteiger partial charge in [-0.1, -0.05) is 0 Å². The fourth-order valence-corrected chi connectivity index (χ4v) is 3.73. The van der Waals surface area contributed by atoms with Crippen molar-refractivity contribution in [3.63, 3.8) is 0 Å². The van der Waals surface area contributed by atoms with Crippen LogP contribution in [0.3, 0.4) is 0 Å². The normalized spacial score (nSPS) is 18.8. The van der Waals surface area contributed by atoms with Gasteiger partial charge in [-0.3, -0.25) is 0 Å². The van der Waals surface area contributed by atoms with E-state index in [1.54, 1.807) is 25.1 Å². The summed E-state index contributed by atoms with van der Waals surface area (Å²) in [6.07, 6.45) is -4.59. The van der Waals surface area contributed by atoms with Crippen LogP contribution in [0, 0.1) is 6.92 Å². The van der Waals surface area contributed by atoms with Gasteiger partial charge in [-0.2, -0.15) is 22.0 Å². The molecule has 0 aliphatic carbocycles. The van der Waals surface area contributed by atoms with Crippen LogP contribution in [0.1, 0.15) is 27.9 Å². The Morgan fingerprint density at radius 3 is 2.41 bits per heavy atom. The van der Waals surface area contributed by atoms with Gasteiger partial charge in [0.05, 0.1) is 37.4 Å². The summed E-state index contributed by atoms with van der Waals surface area (Å²) in [6, 6.07) is 8.76. The lowest BCUT2D eigenvalue weighted by molar-refractivity contribution is -0.137. The fraction of sp³-hybridized carbons (Fsp3) is 0.409. The van der Waals surface area contributed by atoms with E-state index in [2.05, 4.69) is 4.74 Å². The molecule has 10 heteroatoms. The van der Waals surface area contributed by atoms with Gasteiger partial charge in [-0.25, -0.2) is 4.79 Å². The topological polar surface area (TPSA) is 48.0 Å². The van der Waals surface area contributed by atoms with Crippen LogP contribution in [0.2, 0.25) is 0 Å². The van der Waals surface area contributed by atoms with Crippen LogP contribution in [0.4, 0.5) is 27.6 Å². The van der Waals surface area contributed by atoms with Crippen LogP contribution in [-0.2, 0) is 15.7 Å². The number of benzene rings is 2. The number of ether oxygens (including phenoxy) is 3. The van der Waals surface area contributed by atoms with Crippen molar-refractivity contribution < 1.29 is 41.0 Å². The van der Waals surface area contributed by atoms with Crippen LogP contribution in [0.5, 0.6) is 5.75 Å². The maximum Gasteiger partial charge on any atom is 0.416 e. The zero-order valence-electron chi connectivity index (χ0n) is 17.4. The summed E-state index contributed by atoms with van der Waals surface area (Å²) in [6.45, 7) is -1.12. The minimum absolute atomic E-state index is 0.246. The number of esters is 1. The molecule has 1 saturated heterocycles. The number of carbonyl (C=O) groups excluding carboxylic acids is 1. The van der Waals surface area contributed by atoms with E-state index in [0.29, 0.717) is 24.2 Å². The molecule has 1 heterocycles. The molecule has 1 aliphatic rings. The minimum Gasteiger partial charge on any atom is -0.489 e. The fourth-order valence-electron chi connectivity index (χ4n) is 3.73. The molecule has 0 bridgehead atoms. The summed E-state index contributed by atoms with van der Waals surface area (Å²) in [5.41, 5.74) is 0.998. The molecule has 3 rings (SSSR count). The SMILES string of the molecule is COC(=O)c1ccc(N2C[C@@H](Oc3ccc(C(F)(F)F)cc3)C[C@H]2COC(F)F)c(C)c1. The smallest absolute Gasteiger partial charge is 0.416 e. The zero-order valence-corrected chi connectivity index (χ0v) is 17.4. The molecular weight excluding hydrogens is 437 g/mol. The van der Waals surface area contributed by atoms with Gasteiger partial charge < -0.3 is 19.1 Å². The highest BCUT2D eigenvalue weighted by atomic mass is 19.4. The number of alkyl halides is 5. The summed E-state index contributed by atoms with van der Waals surface area (Å²) >= 11 is 0. The summed E-state index contributed by atoms with van der Waals surface area (Å²) in [4.78, 5) is 13.6. The zero-order chi connectivity index (χ0) is 23.5. The van der Waals surface area contributed by atoms with Crippen LogP contribution in [0.15, 0.2) is 42.5 Å². The van der Waals surface area contributed by atoms with Crippen LogP contribution in [0.25, 0.3) is 0 Å². The standard InChI is InChI=1S/C22H22F5NO4/c1-13-9-14(20(29)30-2)3-8-19(13)28-11-18(10-16(28)12-31-21(23)24)32-17-6-4-15(5-7-17)22(25,26)27/h3-9,16,18,21H,10-12H2,1-2H3/t16-,18-/m0/s1. The molecule has 2 aromatic carbocycles. The highest BCUT2D eigenvalue weighted by molar-refractivity contribution is 5.90. The van der Waals surface area contributed by atoms with Gasteiger partial charge in [-0.05, 0) is 55.0 Å². The Hall–Kier alpha value is -2.88. The Morgan fingerprint density at radius 2 is 1.84 bits per heavy atom. The summed E-state index contributed by atoms with van der Waals surface area (Å²) < 4.78 is 78.6. The third-order valence-electron chi connectivity index (χ3n) is 5.20. The van der Waals surface area contributed by atoms with Gasteiger partial charge >= 0.3 is 18.8 Å². The highest BCUT2D eigenvalue weighted by Crippen LogP contribution is 2.33. The van der Waals surface area contributed by atoms with Crippen molar-refractivity contribution in [2.45, 2.75) is 38.3 Å². The van der Waals surface area contributed by atoms with Gasteiger partial charge in [-0.15, -0.1) is 0 Å². The van der Waals surface area contributed by atoms with E-state index < -0.39 is 36.5 Å².